The lowest BCUT2D eigenvalue weighted by Gasteiger charge is -2.25. The van der Waals surface area contributed by atoms with E-state index in [1.165, 1.54) is 5.56 Å². The normalized spacial score (nSPS) is 12.4. The molecule has 0 aliphatic carbocycles. The molecule has 4 nitrogen and oxygen atoms in total. The summed E-state index contributed by atoms with van der Waals surface area (Å²) in [5.41, 5.74) is 7.01. The molecule has 1 aromatic heterocycles. The molecule has 0 fully saturated rings. The molecule has 0 amide bonds. The lowest BCUT2D eigenvalue weighted by molar-refractivity contribution is 0.263. The molecule has 4 heteroatoms. The lowest BCUT2D eigenvalue weighted by Crippen LogP contribution is -2.43. The van der Waals surface area contributed by atoms with Gasteiger partial charge in [0.1, 0.15) is 0 Å². The maximum Gasteiger partial charge on any atom is 0.0534 e. The molecule has 0 aliphatic rings. The van der Waals surface area contributed by atoms with Crippen LogP contribution in [0.1, 0.15) is 19.4 Å². The first-order valence-corrected chi connectivity index (χ1v) is 4.82. The average Bonchev–Trinajstić information content (AvgIpc) is 2.30. The van der Waals surface area contributed by atoms with Gasteiger partial charge in [0.2, 0.25) is 0 Å². The molecule has 1 heterocycles. The Bertz CT molecular complexity index is 285. The minimum Gasteiger partial charge on any atom is -0.324 e. The van der Waals surface area contributed by atoms with Gasteiger partial charge < -0.3 is 10.6 Å². The number of nitrogens with two attached hydrogens (primary N) is 1. The molecule has 0 bridgehead atoms. The molecule has 1 rings (SSSR count). The lowest BCUT2D eigenvalue weighted by atomic mass is 10.1. The summed E-state index contributed by atoms with van der Waals surface area (Å²) >= 11 is 0. The van der Waals surface area contributed by atoms with Crippen molar-refractivity contribution in [1.82, 2.24) is 14.7 Å². The fraction of sp³-hybridized carbons (Fsp3) is 0.700. The standard InChI is InChI=1S/C10H20N4/c1-10(2,11)8-13(3)6-9-5-12-14(4)7-9/h5,7H,6,8,11H2,1-4H3. The molecule has 1 aromatic rings. The molecule has 0 aromatic carbocycles. The highest BCUT2D eigenvalue weighted by atomic mass is 15.2. The first kappa shape index (κ1) is 11.2. The van der Waals surface area contributed by atoms with Gasteiger partial charge in [0, 0.05) is 37.4 Å². The molecule has 80 valence electrons. The third-order valence-electron chi connectivity index (χ3n) is 1.89. The Hall–Kier alpha value is -0.870. The van der Waals surface area contributed by atoms with Gasteiger partial charge >= 0.3 is 0 Å². The number of nitrogens with zero attached hydrogens (tertiary/aromatic N) is 3. The Morgan fingerprint density at radius 1 is 1.57 bits per heavy atom. The van der Waals surface area contributed by atoms with E-state index < -0.39 is 0 Å². The van der Waals surface area contributed by atoms with Crippen molar-refractivity contribution >= 4 is 0 Å². The van der Waals surface area contributed by atoms with Crippen LogP contribution in [0.5, 0.6) is 0 Å². The summed E-state index contributed by atoms with van der Waals surface area (Å²) in [6, 6.07) is 0. The Labute approximate surface area is 85.7 Å². The quantitative estimate of drug-likeness (QED) is 0.766. The van der Waals surface area contributed by atoms with Crippen LogP contribution in [0.3, 0.4) is 0 Å². The maximum absolute atomic E-state index is 5.93. The number of likely N-dealkylation sites (N-methyl/N-ethyl adjacent to an activating group) is 1. The van der Waals surface area contributed by atoms with E-state index in [0.717, 1.165) is 13.1 Å². The molecule has 0 saturated heterocycles. The van der Waals surface area contributed by atoms with Crippen molar-refractivity contribution in [2.45, 2.75) is 25.9 Å². The van der Waals surface area contributed by atoms with Crippen LogP contribution in [0, 0.1) is 0 Å². The van der Waals surface area contributed by atoms with Crippen molar-refractivity contribution in [3.8, 4) is 0 Å². The molecule has 2 N–H and O–H groups in total. The van der Waals surface area contributed by atoms with Gasteiger partial charge in [0.05, 0.1) is 6.20 Å². The second kappa shape index (κ2) is 4.11. The van der Waals surface area contributed by atoms with Gasteiger partial charge in [-0.3, -0.25) is 4.68 Å². The summed E-state index contributed by atoms with van der Waals surface area (Å²) in [6.07, 6.45) is 3.92. The molecular formula is C10H20N4. The molecule has 0 spiro atoms. The van der Waals surface area contributed by atoms with Crippen LogP contribution in [0.15, 0.2) is 12.4 Å². The first-order valence-electron chi connectivity index (χ1n) is 4.82. The number of rotatable bonds is 4. The highest BCUT2D eigenvalue weighted by Crippen LogP contribution is 2.05. The Balaban J connectivity index is 2.45. The van der Waals surface area contributed by atoms with Crippen LogP contribution in [-0.2, 0) is 13.6 Å². The molecule has 0 aliphatic heterocycles. The second-order valence-corrected chi connectivity index (χ2v) is 4.68. The predicted octanol–water partition coefficient (Wildman–Crippen LogP) is 0.589. The fourth-order valence-corrected chi connectivity index (χ4v) is 1.62. The number of hydrogen-bond donors (Lipinski definition) is 1. The van der Waals surface area contributed by atoms with Crippen LogP contribution in [0.25, 0.3) is 0 Å². The van der Waals surface area contributed by atoms with Crippen molar-refractivity contribution in [2.75, 3.05) is 13.6 Å². The number of hydrogen-bond acceptors (Lipinski definition) is 3. The summed E-state index contributed by atoms with van der Waals surface area (Å²) in [7, 11) is 4.00. The fourth-order valence-electron chi connectivity index (χ4n) is 1.62. The number of aryl methyl sites for hydroxylation is 1. The van der Waals surface area contributed by atoms with Crippen LogP contribution >= 0.6 is 0 Å². The van der Waals surface area contributed by atoms with Gasteiger partial charge in [-0.15, -0.1) is 0 Å². The van der Waals surface area contributed by atoms with Crippen molar-refractivity contribution in [3.05, 3.63) is 18.0 Å². The minimum atomic E-state index is -0.142. The van der Waals surface area contributed by atoms with Gasteiger partial charge in [-0.2, -0.15) is 5.10 Å². The van der Waals surface area contributed by atoms with Crippen molar-refractivity contribution in [3.63, 3.8) is 0 Å². The molecule has 0 unspecified atom stereocenters. The van der Waals surface area contributed by atoms with E-state index in [4.69, 9.17) is 5.73 Å². The summed E-state index contributed by atoms with van der Waals surface area (Å²) in [6.45, 7) is 5.84. The summed E-state index contributed by atoms with van der Waals surface area (Å²) in [5, 5.41) is 4.12. The molecule has 0 radical (unpaired) electrons. The van der Waals surface area contributed by atoms with Gasteiger partial charge in [-0.1, -0.05) is 0 Å². The van der Waals surface area contributed by atoms with Gasteiger partial charge in [-0.25, -0.2) is 0 Å². The summed E-state index contributed by atoms with van der Waals surface area (Å²) < 4.78 is 1.82. The molecule has 0 saturated carbocycles. The van der Waals surface area contributed by atoms with E-state index in [1.807, 2.05) is 38.0 Å². The Morgan fingerprint density at radius 3 is 2.64 bits per heavy atom. The zero-order valence-electron chi connectivity index (χ0n) is 9.49. The van der Waals surface area contributed by atoms with Crippen LogP contribution in [0.4, 0.5) is 0 Å². The van der Waals surface area contributed by atoms with Gasteiger partial charge in [0.15, 0.2) is 0 Å². The van der Waals surface area contributed by atoms with E-state index >= 15 is 0 Å². The first-order chi connectivity index (χ1) is 6.37. The largest absolute Gasteiger partial charge is 0.324 e. The molecular weight excluding hydrogens is 176 g/mol. The SMILES string of the molecule is CN(Cc1cnn(C)c1)CC(C)(C)N. The Kier molecular flexibility index (Phi) is 3.29. The van der Waals surface area contributed by atoms with Crippen LogP contribution < -0.4 is 5.73 Å². The second-order valence-electron chi connectivity index (χ2n) is 4.68. The highest BCUT2D eigenvalue weighted by molar-refractivity contribution is 5.03. The van der Waals surface area contributed by atoms with E-state index in [1.54, 1.807) is 0 Å². The monoisotopic (exact) mass is 196 g/mol. The highest BCUT2D eigenvalue weighted by Gasteiger charge is 2.14. The topological polar surface area (TPSA) is 47.1 Å². The smallest absolute Gasteiger partial charge is 0.0534 e. The predicted molar refractivity (Wildman–Crippen MR) is 57.8 cm³/mol. The van der Waals surface area contributed by atoms with Crippen molar-refractivity contribution in [1.29, 1.82) is 0 Å². The van der Waals surface area contributed by atoms with Crippen LogP contribution in [-0.4, -0.2) is 33.8 Å². The van der Waals surface area contributed by atoms with Crippen molar-refractivity contribution < 1.29 is 0 Å². The maximum atomic E-state index is 5.93. The van der Waals surface area contributed by atoms with E-state index in [0.29, 0.717) is 0 Å². The zero-order valence-corrected chi connectivity index (χ0v) is 9.49. The third kappa shape index (κ3) is 3.89. The van der Waals surface area contributed by atoms with E-state index in [-0.39, 0.29) is 5.54 Å². The minimum absolute atomic E-state index is 0.142. The zero-order chi connectivity index (χ0) is 10.8. The Morgan fingerprint density at radius 2 is 2.21 bits per heavy atom. The summed E-state index contributed by atoms with van der Waals surface area (Å²) in [5.74, 6) is 0. The van der Waals surface area contributed by atoms with Gasteiger partial charge in [0.25, 0.3) is 0 Å². The van der Waals surface area contributed by atoms with Gasteiger partial charge in [-0.05, 0) is 20.9 Å². The van der Waals surface area contributed by atoms with E-state index in [2.05, 4.69) is 17.0 Å². The molecule has 14 heavy (non-hydrogen) atoms. The van der Waals surface area contributed by atoms with Crippen LogP contribution in [0.2, 0.25) is 0 Å². The van der Waals surface area contributed by atoms with E-state index in [9.17, 15) is 0 Å². The molecule has 0 atom stereocenters. The van der Waals surface area contributed by atoms with Crippen molar-refractivity contribution in [2.24, 2.45) is 12.8 Å². The number of aromatic nitrogens is 2. The summed E-state index contributed by atoms with van der Waals surface area (Å²) in [4.78, 5) is 2.21. The average molecular weight is 196 g/mol. The third-order valence-corrected chi connectivity index (χ3v) is 1.89.